The minimum Gasteiger partial charge on any atom is -0.486 e. The van der Waals surface area contributed by atoms with Gasteiger partial charge in [0, 0.05) is 0 Å². The third kappa shape index (κ3) is 1.70. The van der Waals surface area contributed by atoms with Gasteiger partial charge in [0.2, 0.25) is 0 Å². The number of ether oxygens (including phenoxy) is 2. The highest BCUT2D eigenvalue weighted by atomic mass is 79.9. The van der Waals surface area contributed by atoms with Crippen molar-refractivity contribution in [3.05, 3.63) is 22.2 Å². The van der Waals surface area contributed by atoms with Crippen molar-refractivity contribution >= 4 is 15.9 Å². The molecule has 86 valence electrons. The van der Waals surface area contributed by atoms with Crippen molar-refractivity contribution in [2.75, 3.05) is 19.8 Å². The predicted molar refractivity (Wildman–Crippen MR) is 65.0 cm³/mol. The lowest BCUT2D eigenvalue weighted by atomic mass is 10.1. The standard InChI is InChI=1S/C12H14BrNO2/c13-10-4-7(9-3-8(9)6-14)5-11-12(10)16-2-1-15-11/h4-5,8-9H,1-3,6,14H2. The van der Waals surface area contributed by atoms with E-state index >= 15 is 0 Å². The predicted octanol–water partition coefficient (Wildman–Crippen LogP) is 2.28. The highest BCUT2D eigenvalue weighted by Crippen LogP contribution is 2.50. The van der Waals surface area contributed by atoms with Crippen LogP contribution in [-0.2, 0) is 0 Å². The summed E-state index contributed by atoms with van der Waals surface area (Å²) in [4.78, 5) is 0. The van der Waals surface area contributed by atoms with E-state index in [2.05, 4.69) is 28.1 Å². The van der Waals surface area contributed by atoms with Gasteiger partial charge in [0.25, 0.3) is 0 Å². The van der Waals surface area contributed by atoms with Crippen LogP contribution in [-0.4, -0.2) is 19.8 Å². The molecule has 3 nitrogen and oxygen atoms in total. The summed E-state index contributed by atoms with van der Waals surface area (Å²) in [6, 6.07) is 4.23. The van der Waals surface area contributed by atoms with Crippen molar-refractivity contribution in [2.24, 2.45) is 11.7 Å². The van der Waals surface area contributed by atoms with E-state index in [4.69, 9.17) is 15.2 Å². The monoisotopic (exact) mass is 283 g/mol. The molecule has 3 rings (SSSR count). The minimum atomic E-state index is 0.608. The molecule has 1 fully saturated rings. The minimum absolute atomic E-state index is 0.608. The molecule has 0 saturated heterocycles. The largest absolute Gasteiger partial charge is 0.486 e. The summed E-state index contributed by atoms with van der Waals surface area (Å²) >= 11 is 3.53. The summed E-state index contributed by atoms with van der Waals surface area (Å²) in [5, 5.41) is 0. The first-order valence-electron chi connectivity index (χ1n) is 5.58. The van der Waals surface area contributed by atoms with Crippen molar-refractivity contribution in [1.29, 1.82) is 0 Å². The van der Waals surface area contributed by atoms with Gasteiger partial charge < -0.3 is 15.2 Å². The van der Waals surface area contributed by atoms with Gasteiger partial charge >= 0.3 is 0 Å². The number of benzene rings is 1. The molecule has 2 unspecified atom stereocenters. The molecule has 0 bridgehead atoms. The van der Waals surface area contributed by atoms with Gasteiger partial charge in [-0.1, -0.05) is 0 Å². The second kappa shape index (κ2) is 3.93. The molecule has 1 aromatic carbocycles. The molecule has 2 atom stereocenters. The van der Waals surface area contributed by atoms with Crippen LogP contribution in [0.4, 0.5) is 0 Å². The molecule has 1 heterocycles. The summed E-state index contributed by atoms with van der Waals surface area (Å²) in [5.74, 6) is 2.95. The van der Waals surface area contributed by atoms with Crippen LogP contribution in [0.15, 0.2) is 16.6 Å². The molecule has 1 aliphatic heterocycles. The van der Waals surface area contributed by atoms with Gasteiger partial charge in [-0.2, -0.15) is 0 Å². The molecule has 1 aliphatic carbocycles. The first-order chi connectivity index (χ1) is 7.79. The summed E-state index contributed by atoms with van der Waals surface area (Å²) < 4.78 is 12.2. The second-order valence-corrected chi connectivity index (χ2v) is 5.22. The lowest BCUT2D eigenvalue weighted by Gasteiger charge is -2.20. The molecular formula is C12H14BrNO2. The average Bonchev–Trinajstić information content (AvgIpc) is 3.08. The van der Waals surface area contributed by atoms with Gasteiger partial charge in [0.15, 0.2) is 11.5 Å². The summed E-state index contributed by atoms with van der Waals surface area (Å²) in [6.45, 7) is 2.03. The summed E-state index contributed by atoms with van der Waals surface area (Å²) in [7, 11) is 0. The zero-order valence-electron chi connectivity index (χ0n) is 8.91. The normalized spacial score (nSPS) is 26.6. The van der Waals surface area contributed by atoms with Crippen molar-refractivity contribution in [1.82, 2.24) is 0 Å². The quantitative estimate of drug-likeness (QED) is 0.906. The topological polar surface area (TPSA) is 44.5 Å². The molecule has 2 N–H and O–H groups in total. The number of rotatable bonds is 2. The van der Waals surface area contributed by atoms with Crippen LogP contribution in [0.2, 0.25) is 0 Å². The molecule has 4 heteroatoms. The number of halogens is 1. The maximum Gasteiger partial charge on any atom is 0.175 e. The van der Waals surface area contributed by atoms with Gasteiger partial charge in [-0.05, 0) is 58.4 Å². The second-order valence-electron chi connectivity index (χ2n) is 4.36. The molecule has 0 amide bonds. The van der Waals surface area contributed by atoms with E-state index in [1.54, 1.807) is 0 Å². The molecule has 1 aromatic rings. The third-order valence-corrected chi connectivity index (χ3v) is 3.86. The Kier molecular flexibility index (Phi) is 2.56. The fraction of sp³-hybridized carbons (Fsp3) is 0.500. The average molecular weight is 284 g/mol. The summed E-state index contributed by atoms with van der Waals surface area (Å²) in [6.07, 6.45) is 1.20. The van der Waals surface area contributed by atoms with Gasteiger partial charge in [0.1, 0.15) is 13.2 Å². The molecule has 0 spiro atoms. The van der Waals surface area contributed by atoms with Crippen molar-refractivity contribution < 1.29 is 9.47 Å². The first-order valence-corrected chi connectivity index (χ1v) is 6.38. The zero-order valence-corrected chi connectivity index (χ0v) is 10.5. The fourth-order valence-electron chi connectivity index (χ4n) is 2.26. The van der Waals surface area contributed by atoms with Crippen LogP contribution in [0.3, 0.4) is 0 Å². The number of hydrogen-bond acceptors (Lipinski definition) is 3. The third-order valence-electron chi connectivity index (χ3n) is 3.27. The molecule has 0 radical (unpaired) electrons. The van der Waals surface area contributed by atoms with E-state index in [9.17, 15) is 0 Å². The van der Waals surface area contributed by atoms with Gasteiger partial charge in [-0.25, -0.2) is 0 Å². The number of nitrogens with two attached hydrogens (primary N) is 1. The van der Waals surface area contributed by atoms with E-state index in [1.807, 2.05) is 0 Å². The van der Waals surface area contributed by atoms with Crippen molar-refractivity contribution in [2.45, 2.75) is 12.3 Å². The van der Waals surface area contributed by atoms with Crippen LogP contribution < -0.4 is 15.2 Å². The Labute approximate surface area is 103 Å². The molecular weight excluding hydrogens is 270 g/mol. The van der Waals surface area contributed by atoms with Gasteiger partial charge in [-0.3, -0.25) is 0 Å². The lowest BCUT2D eigenvalue weighted by molar-refractivity contribution is 0.170. The Morgan fingerprint density at radius 2 is 2.12 bits per heavy atom. The van der Waals surface area contributed by atoms with E-state index in [0.717, 1.165) is 22.5 Å². The van der Waals surface area contributed by atoms with E-state index in [1.165, 1.54) is 12.0 Å². The van der Waals surface area contributed by atoms with Crippen LogP contribution in [0, 0.1) is 5.92 Å². The number of fused-ring (bicyclic) bond motifs is 1. The smallest absolute Gasteiger partial charge is 0.175 e. The Hall–Kier alpha value is -0.740. The molecule has 2 aliphatic rings. The van der Waals surface area contributed by atoms with Crippen LogP contribution >= 0.6 is 15.9 Å². The van der Waals surface area contributed by atoms with Crippen molar-refractivity contribution in [3.8, 4) is 11.5 Å². The van der Waals surface area contributed by atoms with Gasteiger partial charge in [0.05, 0.1) is 4.47 Å². The first kappa shape index (κ1) is 10.4. The molecule has 16 heavy (non-hydrogen) atoms. The Morgan fingerprint density at radius 3 is 2.88 bits per heavy atom. The molecule has 1 saturated carbocycles. The van der Waals surface area contributed by atoms with Crippen LogP contribution in [0.25, 0.3) is 0 Å². The maximum absolute atomic E-state index is 5.67. The Morgan fingerprint density at radius 1 is 1.31 bits per heavy atom. The molecule has 0 aromatic heterocycles. The lowest BCUT2D eigenvalue weighted by Crippen LogP contribution is -2.16. The Bertz CT molecular complexity index is 422. The zero-order chi connectivity index (χ0) is 11.1. The Balaban J connectivity index is 1.93. The van der Waals surface area contributed by atoms with Crippen LogP contribution in [0.1, 0.15) is 17.9 Å². The highest BCUT2D eigenvalue weighted by Gasteiger charge is 2.37. The maximum atomic E-state index is 5.67. The SMILES string of the molecule is NCC1CC1c1cc(Br)c2c(c1)OCCO2. The van der Waals surface area contributed by atoms with E-state index in [0.29, 0.717) is 25.0 Å². The summed E-state index contributed by atoms with van der Waals surface area (Å²) in [5.41, 5.74) is 6.98. The fourth-order valence-corrected chi connectivity index (χ4v) is 2.84. The van der Waals surface area contributed by atoms with E-state index < -0.39 is 0 Å². The van der Waals surface area contributed by atoms with Crippen molar-refractivity contribution in [3.63, 3.8) is 0 Å². The highest BCUT2D eigenvalue weighted by molar-refractivity contribution is 9.10. The van der Waals surface area contributed by atoms with E-state index in [-0.39, 0.29) is 0 Å². The van der Waals surface area contributed by atoms with Crippen LogP contribution in [0.5, 0.6) is 11.5 Å². The number of hydrogen-bond donors (Lipinski definition) is 1. The van der Waals surface area contributed by atoms with Gasteiger partial charge in [-0.15, -0.1) is 0 Å².